The highest BCUT2D eigenvalue weighted by Crippen LogP contribution is 2.25. The minimum absolute atomic E-state index is 0.239. The summed E-state index contributed by atoms with van der Waals surface area (Å²) in [4.78, 5) is 14.0. The lowest BCUT2D eigenvalue weighted by Crippen LogP contribution is -2.48. The fourth-order valence-electron chi connectivity index (χ4n) is 3.04. The summed E-state index contributed by atoms with van der Waals surface area (Å²) in [6.45, 7) is 4.55. The quantitative estimate of drug-likeness (QED) is 0.776. The first-order valence-corrected chi connectivity index (χ1v) is 6.54. The summed E-state index contributed by atoms with van der Waals surface area (Å²) < 4.78 is 0. The Bertz CT molecular complexity index is 263. The van der Waals surface area contributed by atoms with Gasteiger partial charge in [0, 0.05) is 25.4 Å². The van der Waals surface area contributed by atoms with E-state index in [4.69, 9.17) is 0 Å². The molecule has 0 radical (unpaired) electrons. The second kappa shape index (κ2) is 4.84. The van der Waals surface area contributed by atoms with Gasteiger partial charge in [0.2, 0.25) is 0 Å². The molecule has 2 atom stereocenters. The van der Waals surface area contributed by atoms with Crippen LogP contribution in [-0.4, -0.2) is 41.0 Å². The van der Waals surface area contributed by atoms with Gasteiger partial charge in [-0.1, -0.05) is 6.42 Å². The van der Waals surface area contributed by atoms with Crippen LogP contribution in [0.4, 0.5) is 0 Å². The van der Waals surface area contributed by atoms with E-state index in [0.717, 1.165) is 51.7 Å². The SMILES string of the molecule is CC1(O)CCCN(CC2CCCCC2=O)C1. The molecular formula is C13H23NO2. The first-order chi connectivity index (χ1) is 7.57. The number of carbonyl (C=O) groups excluding carboxylic acids is 1. The Morgan fingerprint density at radius 3 is 2.94 bits per heavy atom. The molecule has 2 aliphatic rings. The predicted octanol–water partition coefficient (Wildman–Crippen LogP) is 1.59. The van der Waals surface area contributed by atoms with Crippen molar-refractivity contribution in [3.63, 3.8) is 0 Å². The molecule has 92 valence electrons. The number of Topliss-reactive ketones (excluding diaryl/α,β-unsaturated/α-hetero) is 1. The zero-order valence-electron chi connectivity index (χ0n) is 10.2. The molecule has 2 rings (SSSR count). The maximum atomic E-state index is 11.7. The van der Waals surface area contributed by atoms with Crippen molar-refractivity contribution in [1.82, 2.24) is 4.90 Å². The molecule has 2 fully saturated rings. The molecule has 0 bridgehead atoms. The number of rotatable bonds is 2. The van der Waals surface area contributed by atoms with Crippen LogP contribution >= 0.6 is 0 Å². The Balaban J connectivity index is 1.86. The lowest BCUT2D eigenvalue weighted by atomic mass is 9.86. The van der Waals surface area contributed by atoms with Crippen molar-refractivity contribution >= 4 is 5.78 Å². The van der Waals surface area contributed by atoms with Crippen molar-refractivity contribution in [3.05, 3.63) is 0 Å². The summed E-state index contributed by atoms with van der Waals surface area (Å²) in [5.41, 5.74) is -0.546. The molecule has 0 aromatic rings. The summed E-state index contributed by atoms with van der Waals surface area (Å²) in [5.74, 6) is 0.680. The molecule has 0 aromatic heterocycles. The maximum absolute atomic E-state index is 11.7. The van der Waals surface area contributed by atoms with Gasteiger partial charge in [0.1, 0.15) is 5.78 Å². The Hall–Kier alpha value is -0.410. The number of aliphatic hydroxyl groups is 1. The number of hydrogen-bond acceptors (Lipinski definition) is 3. The fraction of sp³-hybridized carbons (Fsp3) is 0.923. The number of piperidine rings is 1. The number of carbonyl (C=O) groups is 1. The van der Waals surface area contributed by atoms with Gasteiger partial charge >= 0.3 is 0 Å². The van der Waals surface area contributed by atoms with E-state index in [1.165, 1.54) is 6.42 Å². The van der Waals surface area contributed by atoms with Crippen molar-refractivity contribution in [2.45, 2.75) is 51.0 Å². The van der Waals surface area contributed by atoms with E-state index in [0.29, 0.717) is 5.78 Å². The third-order valence-electron chi connectivity index (χ3n) is 3.91. The van der Waals surface area contributed by atoms with Crippen molar-refractivity contribution in [3.8, 4) is 0 Å². The van der Waals surface area contributed by atoms with Crippen LogP contribution in [0.5, 0.6) is 0 Å². The monoisotopic (exact) mass is 225 g/mol. The predicted molar refractivity (Wildman–Crippen MR) is 63.3 cm³/mol. The second-order valence-electron chi connectivity index (χ2n) is 5.74. The van der Waals surface area contributed by atoms with E-state index < -0.39 is 5.60 Å². The van der Waals surface area contributed by atoms with Gasteiger partial charge in [-0.3, -0.25) is 9.69 Å². The smallest absolute Gasteiger partial charge is 0.137 e. The summed E-state index contributed by atoms with van der Waals surface area (Å²) >= 11 is 0. The Kier molecular flexibility index (Phi) is 3.65. The van der Waals surface area contributed by atoms with Crippen LogP contribution in [0.1, 0.15) is 45.4 Å². The minimum atomic E-state index is -0.546. The Morgan fingerprint density at radius 1 is 1.44 bits per heavy atom. The molecule has 2 unspecified atom stereocenters. The normalized spacial score (nSPS) is 37.6. The molecule has 1 heterocycles. The van der Waals surface area contributed by atoms with Crippen LogP contribution in [0.25, 0.3) is 0 Å². The van der Waals surface area contributed by atoms with Crippen LogP contribution in [0.15, 0.2) is 0 Å². The summed E-state index contributed by atoms with van der Waals surface area (Å²) in [7, 11) is 0. The molecule has 0 aromatic carbocycles. The molecule has 1 aliphatic carbocycles. The highest BCUT2D eigenvalue weighted by Gasteiger charge is 2.31. The average molecular weight is 225 g/mol. The van der Waals surface area contributed by atoms with E-state index >= 15 is 0 Å². The van der Waals surface area contributed by atoms with E-state index in [1.807, 2.05) is 6.92 Å². The molecule has 3 nitrogen and oxygen atoms in total. The maximum Gasteiger partial charge on any atom is 0.137 e. The third kappa shape index (κ3) is 3.05. The lowest BCUT2D eigenvalue weighted by Gasteiger charge is -2.38. The first kappa shape index (κ1) is 12.1. The molecule has 0 spiro atoms. The van der Waals surface area contributed by atoms with Crippen molar-refractivity contribution in [1.29, 1.82) is 0 Å². The molecule has 1 saturated carbocycles. The molecule has 0 amide bonds. The molecule has 1 aliphatic heterocycles. The highest BCUT2D eigenvalue weighted by atomic mass is 16.3. The van der Waals surface area contributed by atoms with Gasteiger partial charge in [-0.05, 0) is 39.2 Å². The highest BCUT2D eigenvalue weighted by molar-refractivity contribution is 5.81. The fourth-order valence-corrected chi connectivity index (χ4v) is 3.04. The van der Waals surface area contributed by atoms with Crippen molar-refractivity contribution < 1.29 is 9.90 Å². The molecule has 1 N–H and O–H groups in total. The van der Waals surface area contributed by atoms with Gasteiger partial charge in [-0.15, -0.1) is 0 Å². The molecule has 1 saturated heterocycles. The largest absolute Gasteiger partial charge is 0.389 e. The third-order valence-corrected chi connectivity index (χ3v) is 3.91. The van der Waals surface area contributed by atoms with Gasteiger partial charge in [-0.25, -0.2) is 0 Å². The van der Waals surface area contributed by atoms with Crippen LogP contribution in [0.3, 0.4) is 0 Å². The van der Waals surface area contributed by atoms with E-state index in [9.17, 15) is 9.90 Å². The summed E-state index contributed by atoms with van der Waals surface area (Å²) in [5, 5.41) is 10.0. The summed E-state index contributed by atoms with van der Waals surface area (Å²) in [6.07, 6.45) is 6.04. The standard InChI is InChI=1S/C13H23NO2/c1-13(16)7-4-8-14(10-13)9-11-5-2-3-6-12(11)15/h11,16H,2-10H2,1H3. The zero-order valence-corrected chi connectivity index (χ0v) is 10.2. The van der Waals surface area contributed by atoms with Crippen LogP contribution in [-0.2, 0) is 4.79 Å². The average Bonchev–Trinajstić information content (AvgIpc) is 2.20. The molecular weight excluding hydrogens is 202 g/mol. The van der Waals surface area contributed by atoms with Crippen molar-refractivity contribution in [2.24, 2.45) is 5.92 Å². The van der Waals surface area contributed by atoms with Crippen LogP contribution < -0.4 is 0 Å². The number of nitrogens with zero attached hydrogens (tertiary/aromatic N) is 1. The van der Waals surface area contributed by atoms with Gasteiger partial charge in [0.05, 0.1) is 5.60 Å². The van der Waals surface area contributed by atoms with E-state index in [-0.39, 0.29) is 5.92 Å². The summed E-state index contributed by atoms with van der Waals surface area (Å²) in [6, 6.07) is 0. The van der Waals surface area contributed by atoms with Crippen molar-refractivity contribution in [2.75, 3.05) is 19.6 Å². The molecule has 16 heavy (non-hydrogen) atoms. The second-order valence-corrected chi connectivity index (χ2v) is 5.74. The molecule has 3 heteroatoms. The van der Waals surface area contributed by atoms with Crippen LogP contribution in [0.2, 0.25) is 0 Å². The number of hydrogen-bond donors (Lipinski definition) is 1. The minimum Gasteiger partial charge on any atom is -0.389 e. The van der Waals surface area contributed by atoms with Gasteiger partial charge in [-0.2, -0.15) is 0 Å². The van der Waals surface area contributed by atoms with Gasteiger partial charge in [0.25, 0.3) is 0 Å². The van der Waals surface area contributed by atoms with E-state index in [2.05, 4.69) is 4.90 Å². The Labute approximate surface area is 97.8 Å². The number of likely N-dealkylation sites (tertiary alicyclic amines) is 1. The first-order valence-electron chi connectivity index (χ1n) is 6.54. The topological polar surface area (TPSA) is 40.5 Å². The van der Waals surface area contributed by atoms with Gasteiger partial charge < -0.3 is 5.11 Å². The van der Waals surface area contributed by atoms with Crippen LogP contribution in [0, 0.1) is 5.92 Å². The van der Waals surface area contributed by atoms with Gasteiger partial charge in [0.15, 0.2) is 0 Å². The zero-order chi connectivity index (χ0) is 11.6. The Morgan fingerprint density at radius 2 is 2.25 bits per heavy atom. The number of ketones is 1. The lowest BCUT2D eigenvalue weighted by molar-refractivity contribution is -0.126. The number of β-amino-alcohol motifs (C(OH)–C–C–N with tert-alkyl or cyclic N) is 1. The van der Waals surface area contributed by atoms with E-state index in [1.54, 1.807) is 0 Å².